The summed E-state index contributed by atoms with van der Waals surface area (Å²) in [6.45, 7) is 6.30. The quantitative estimate of drug-likeness (QED) is 0.646. The van der Waals surface area contributed by atoms with Gasteiger partial charge in [0.1, 0.15) is 5.82 Å². The van der Waals surface area contributed by atoms with E-state index in [2.05, 4.69) is 34.5 Å². The van der Waals surface area contributed by atoms with Crippen LogP contribution < -0.4 is 26.4 Å². The summed E-state index contributed by atoms with van der Waals surface area (Å²) in [4.78, 5) is 42.0. The van der Waals surface area contributed by atoms with Crippen molar-refractivity contribution < 1.29 is 4.79 Å². The number of hydrogen-bond acceptors (Lipinski definition) is 5. The molecule has 1 fully saturated rings. The van der Waals surface area contributed by atoms with Crippen molar-refractivity contribution in [1.82, 2.24) is 14.5 Å². The van der Waals surface area contributed by atoms with Gasteiger partial charge in [0.25, 0.3) is 5.56 Å². The molecule has 4 rings (SSSR count). The lowest BCUT2D eigenvalue weighted by Crippen LogP contribution is -2.47. The number of fused-ring (bicyclic) bond motifs is 1. The van der Waals surface area contributed by atoms with Crippen molar-refractivity contribution in [1.29, 1.82) is 0 Å². The van der Waals surface area contributed by atoms with E-state index in [1.807, 2.05) is 11.8 Å². The largest absolute Gasteiger partial charge is 0.371 e. The van der Waals surface area contributed by atoms with Gasteiger partial charge in [-0.3, -0.25) is 18.7 Å². The summed E-state index contributed by atoms with van der Waals surface area (Å²) in [5.74, 6) is 0.541. The van der Waals surface area contributed by atoms with Gasteiger partial charge >= 0.3 is 5.69 Å². The fourth-order valence-corrected chi connectivity index (χ4v) is 5.09. The number of hydrogen-bond donors (Lipinski definition) is 1. The molecule has 0 spiro atoms. The summed E-state index contributed by atoms with van der Waals surface area (Å²) in [7, 11) is 1.50. The lowest BCUT2D eigenvalue weighted by molar-refractivity contribution is -0.125. The number of benzene rings is 1. The third kappa shape index (κ3) is 4.99. The average molecular weight is 454 g/mol. The van der Waals surface area contributed by atoms with Gasteiger partial charge in [0.2, 0.25) is 5.91 Å². The van der Waals surface area contributed by atoms with Crippen molar-refractivity contribution in [2.45, 2.75) is 45.6 Å². The van der Waals surface area contributed by atoms with Crippen LogP contribution >= 0.6 is 0 Å². The molecule has 8 heteroatoms. The molecule has 1 amide bonds. The third-order valence-electron chi connectivity index (χ3n) is 6.92. The second kappa shape index (κ2) is 10.3. The van der Waals surface area contributed by atoms with E-state index in [-0.39, 0.29) is 23.1 Å². The maximum Gasteiger partial charge on any atom is 0.332 e. The lowest BCUT2D eigenvalue weighted by atomic mass is 9.97. The molecule has 0 radical (unpaired) electrons. The molecular weight excluding hydrogens is 418 g/mol. The van der Waals surface area contributed by atoms with Crippen LogP contribution in [-0.4, -0.2) is 47.8 Å². The van der Waals surface area contributed by atoms with Gasteiger partial charge in [0, 0.05) is 58.1 Å². The Hall–Kier alpha value is -3.03. The van der Waals surface area contributed by atoms with Crippen molar-refractivity contribution in [2.75, 3.05) is 42.5 Å². The second-order valence-electron chi connectivity index (χ2n) is 9.08. The summed E-state index contributed by atoms with van der Waals surface area (Å²) >= 11 is 0. The molecule has 2 aliphatic rings. The molecule has 1 N–H and O–H groups in total. The fraction of sp³-hybridized carbons (Fsp3) is 0.560. The highest BCUT2D eigenvalue weighted by molar-refractivity contribution is 5.79. The van der Waals surface area contributed by atoms with Crippen molar-refractivity contribution in [3.05, 3.63) is 56.7 Å². The molecule has 1 atom stereocenters. The summed E-state index contributed by atoms with van der Waals surface area (Å²) in [6.07, 6.45) is 4.90. The molecule has 1 saturated heterocycles. The molecule has 0 saturated carbocycles. The highest BCUT2D eigenvalue weighted by Crippen LogP contribution is 2.26. The zero-order valence-electron chi connectivity index (χ0n) is 19.8. The second-order valence-corrected chi connectivity index (χ2v) is 9.08. The van der Waals surface area contributed by atoms with Gasteiger partial charge in [-0.05, 0) is 50.7 Å². The van der Waals surface area contributed by atoms with Crippen LogP contribution in [0, 0.1) is 5.92 Å². The minimum absolute atomic E-state index is 0.0629. The van der Waals surface area contributed by atoms with Gasteiger partial charge in [0.15, 0.2) is 0 Å². The van der Waals surface area contributed by atoms with Gasteiger partial charge in [-0.1, -0.05) is 18.2 Å². The number of aryl methyl sites for hydroxylation is 1. The first-order valence-electron chi connectivity index (χ1n) is 12.2. The number of nitrogens with zero attached hydrogens (tertiary/aromatic N) is 4. The van der Waals surface area contributed by atoms with E-state index >= 15 is 0 Å². The first kappa shape index (κ1) is 23.1. The first-order valence-corrected chi connectivity index (χ1v) is 12.2. The Morgan fingerprint density at radius 1 is 1.15 bits per heavy atom. The average Bonchev–Trinajstić information content (AvgIpc) is 2.85. The van der Waals surface area contributed by atoms with Gasteiger partial charge in [-0.15, -0.1) is 0 Å². The van der Waals surface area contributed by atoms with Crippen molar-refractivity contribution >= 4 is 17.4 Å². The first-order chi connectivity index (χ1) is 16.0. The van der Waals surface area contributed by atoms with Gasteiger partial charge < -0.3 is 15.1 Å². The van der Waals surface area contributed by atoms with E-state index in [1.165, 1.54) is 30.8 Å². The van der Waals surface area contributed by atoms with E-state index in [0.717, 1.165) is 49.9 Å². The molecule has 1 aromatic carbocycles. The van der Waals surface area contributed by atoms with Crippen LogP contribution in [0.2, 0.25) is 0 Å². The van der Waals surface area contributed by atoms with Crippen LogP contribution in [0.5, 0.6) is 0 Å². The molecule has 1 aromatic heterocycles. The maximum absolute atomic E-state index is 12.9. The SMILES string of the molecule is CCn1c(N2CCCC(C(=O)NCCCN3CCCc4ccccc43)C2)cc(=O)n(C)c1=O. The topological polar surface area (TPSA) is 79.6 Å². The highest BCUT2D eigenvalue weighted by atomic mass is 16.2. The molecule has 178 valence electrons. The normalized spacial score (nSPS) is 18.2. The Morgan fingerprint density at radius 2 is 1.97 bits per heavy atom. The van der Waals surface area contributed by atoms with Crippen LogP contribution in [0.25, 0.3) is 0 Å². The van der Waals surface area contributed by atoms with Crippen LogP contribution in [0.1, 0.15) is 38.2 Å². The minimum atomic E-state index is -0.314. The number of amides is 1. The molecule has 1 unspecified atom stereocenters. The van der Waals surface area contributed by atoms with Crippen molar-refractivity contribution in [3.8, 4) is 0 Å². The molecule has 0 aliphatic carbocycles. The molecular formula is C25H35N5O3. The number of carbonyl (C=O) groups is 1. The fourth-order valence-electron chi connectivity index (χ4n) is 5.09. The summed E-state index contributed by atoms with van der Waals surface area (Å²) in [6, 6.07) is 10.1. The summed E-state index contributed by atoms with van der Waals surface area (Å²) in [5, 5.41) is 3.12. The summed E-state index contributed by atoms with van der Waals surface area (Å²) in [5.41, 5.74) is 2.11. The van der Waals surface area contributed by atoms with Gasteiger partial charge in [-0.2, -0.15) is 0 Å². The van der Waals surface area contributed by atoms with Gasteiger partial charge in [0.05, 0.1) is 5.92 Å². The number of nitrogens with one attached hydrogen (secondary N) is 1. The van der Waals surface area contributed by atoms with Gasteiger partial charge in [-0.25, -0.2) is 4.79 Å². The standard InChI is InChI=1S/C25H35N5O3/c1-3-30-22(17-23(31)27(2)25(30)33)29-15-7-11-20(18-29)24(32)26-13-8-16-28-14-6-10-19-9-4-5-12-21(19)28/h4-5,9,12,17,20H,3,6-8,10-11,13-16,18H2,1-2H3,(H,26,32). The number of piperidine rings is 1. The highest BCUT2D eigenvalue weighted by Gasteiger charge is 2.27. The molecule has 2 aliphatic heterocycles. The monoisotopic (exact) mass is 453 g/mol. The summed E-state index contributed by atoms with van der Waals surface area (Å²) < 4.78 is 2.74. The molecule has 0 bridgehead atoms. The van der Waals surface area contributed by atoms with Crippen molar-refractivity contribution in [3.63, 3.8) is 0 Å². The molecule has 3 heterocycles. The Labute approximate surface area is 194 Å². The number of anilines is 2. The zero-order chi connectivity index (χ0) is 23.4. The van der Waals surface area contributed by atoms with Crippen LogP contribution in [0.15, 0.2) is 39.9 Å². The zero-order valence-corrected chi connectivity index (χ0v) is 19.8. The number of aromatic nitrogens is 2. The Kier molecular flexibility index (Phi) is 7.20. The lowest BCUT2D eigenvalue weighted by Gasteiger charge is -2.35. The van der Waals surface area contributed by atoms with E-state index in [4.69, 9.17) is 0 Å². The Bertz CT molecular complexity index is 1110. The van der Waals surface area contributed by atoms with E-state index in [9.17, 15) is 14.4 Å². The van der Waals surface area contributed by atoms with E-state index in [0.29, 0.717) is 25.5 Å². The molecule has 2 aromatic rings. The predicted octanol–water partition coefficient (Wildman–Crippen LogP) is 1.74. The number of rotatable bonds is 7. The van der Waals surface area contributed by atoms with Crippen LogP contribution in [0.3, 0.4) is 0 Å². The van der Waals surface area contributed by atoms with Crippen molar-refractivity contribution in [2.24, 2.45) is 13.0 Å². The Morgan fingerprint density at radius 3 is 2.79 bits per heavy atom. The Balaban J connectivity index is 1.32. The van der Waals surface area contributed by atoms with Crippen LogP contribution in [-0.2, 0) is 24.8 Å². The van der Waals surface area contributed by atoms with Crippen LogP contribution in [0.4, 0.5) is 11.5 Å². The number of para-hydroxylation sites is 1. The van der Waals surface area contributed by atoms with E-state index in [1.54, 1.807) is 4.57 Å². The molecule has 33 heavy (non-hydrogen) atoms. The minimum Gasteiger partial charge on any atom is -0.371 e. The maximum atomic E-state index is 12.9. The predicted molar refractivity (Wildman–Crippen MR) is 131 cm³/mol. The number of carbonyl (C=O) groups excluding carboxylic acids is 1. The third-order valence-corrected chi connectivity index (χ3v) is 6.92. The smallest absolute Gasteiger partial charge is 0.332 e. The van der Waals surface area contributed by atoms with E-state index < -0.39 is 0 Å². The molecule has 8 nitrogen and oxygen atoms in total.